The lowest BCUT2D eigenvalue weighted by atomic mass is 9.91. The zero-order valence-corrected chi connectivity index (χ0v) is 13.4. The molecule has 25 heavy (non-hydrogen) atoms. The van der Waals surface area contributed by atoms with Crippen LogP contribution in [0.15, 0.2) is 60.8 Å². The maximum absolute atomic E-state index is 12.4. The molecule has 4 N–H and O–H groups in total. The van der Waals surface area contributed by atoms with Gasteiger partial charge in [-0.25, -0.2) is 9.59 Å². The van der Waals surface area contributed by atoms with Crippen molar-refractivity contribution in [3.63, 3.8) is 0 Å². The van der Waals surface area contributed by atoms with Crippen molar-refractivity contribution in [2.45, 2.75) is 18.6 Å². The van der Waals surface area contributed by atoms with E-state index in [0.29, 0.717) is 5.56 Å². The molecule has 0 radical (unpaired) electrons. The number of hydrogen-bond donors (Lipinski definition) is 3. The molecule has 1 aromatic heterocycles. The second kappa shape index (κ2) is 6.78. The summed E-state index contributed by atoms with van der Waals surface area (Å²) in [7, 11) is 0. The first-order valence-corrected chi connectivity index (χ1v) is 7.79. The summed E-state index contributed by atoms with van der Waals surface area (Å²) < 4.78 is 5.16. The number of aliphatic carboxylic acids is 1. The molecule has 0 aliphatic rings. The van der Waals surface area contributed by atoms with Crippen LogP contribution in [0.2, 0.25) is 0 Å². The number of para-hydroxylation sites is 1. The van der Waals surface area contributed by atoms with E-state index in [0.717, 1.165) is 16.5 Å². The predicted octanol–water partition coefficient (Wildman–Crippen LogP) is 2.24. The van der Waals surface area contributed by atoms with E-state index in [1.54, 1.807) is 18.3 Å². The highest BCUT2D eigenvalue weighted by atomic mass is 16.5. The summed E-state index contributed by atoms with van der Waals surface area (Å²) in [5.74, 6) is -2.38. The molecule has 128 valence electrons. The molecule has 0 spiro atoms. The fraction of sp³-hybridized carbons (Fsp3) is 0.158. The Labute approximate surface area is 144 Å². The van der Waals surface area contributed by atoms with Gasteiger partial charge in [0, 0.05) is 23.5 Å². The first-order chi connectivity index (χ1) is 12.0. The third kappa shape index (κ3) is 3.39. The van der Waals surface area contributed by atoms with Crippen LogP contribution in [0.1, 0.15) is 11.1 Å². The van der Waals surface area contributed by atoms with Crippen LogP contribution in [0.25, 0.3) is 10.9 Å². The summed E-state index contributed by atoms with van der Waals surface area (Å²) in [6.45, 7) is -0.0280. The number of carboxylic acid groups (broad SMARTS) is 1. The molecule has 0 amide bonds. The molecule has 0 aliphatic carbocycles. The van der Waals surface area contributed by atoms with E-state index in [4.69, 9.17) is 10.5 Å². The number of carbonyl (C=O) groups excluding carboxylic acids is 1. The van der Waals surface area contributed by atoms with Gasteiger partial charge in [-0.3, -0.25) is 0 Å². The largest absolute Gasteiger partial charge is 0.479 e. The number of aromatic nitrogens is 1. The van der Waals surface area contributed by atoms with Crippen molar-refractivity contribution in [2.75, 3.05) is 0 Å². The average Bonchev–Trinajstić information content (AvgIpc) is 3.03. The third-order valence-electron chi connectivity index (χ3n) is 4.10. The Morgan fingerprint density at radius 3 is 2.48 bits per heavy atom. The van der Waals surface area contributed by atoms with Gasteiger partial charge in [-0.15, -0.1) is 0 Å². The Morgan fingerprint density at radius 1 is 1.08 bits per heavy atom. The zero-order chi connectivity index (χ0) is 17.9. The van der Waals surface area contributed by atoms with Gasteiger partial charge >= 0.3 is 11.9 Å². The number of carboxylic acids is 1. The molecule has 2 aromatic carbocycles. The van der Waals surface area contributed by atoms with Gasteiger partial charge in [0.2, 0.25) is 5.54 Å². The van der Waals surface area contributed by atoms with E-state index in [-0.39, 0.29) is 13.0 Å². The Hall–Kier alpha value is -3.12. The van der Waals surface area contributed by atoms with E-state index < -0.39 is 17.5 Å². The van der Waals surface area contributed by atoms with Crippen LogP contribution in [-0.2, 0) is 27.4 Å². The van der Waals surface area contributed by atoms with Crippen LogP contribution < -0.4 is 5.73 Å². The zero-order valence-electron chi connectivity index (χ0n) is 13.4. The summed E-state index contributed by atoms with van der Waals surface area (Å²) in [6, 6.07) is 16.4. The molecule has 0 saturated heterocycles. The lowest BCUT2D eigenvalue weighted by Crippen LogP contribution is -2.57. The maximum Gasteiger partial charge on any atom is 0.338 e. The van der Waals surface area contributed by atoms with Crippen molar-refractivity contribution < 1.29 is 19.4 Å². The first-order valence-electron chi connectivity index (χ1n) is 7.79. The van der Waals surface area contributed by atoms with Crippen LogP contribution in [0, 0.1) is 0 Å². The number of ether oxygens (including phenoxy) is 1. The Bertz CT molecular complexity index is 904. The quantitative estimate of drug-likeness (QED) is 0.472. The summed E-state index contributed by atoms with van der Waals surface area (Å²) in [5, 5.41) is 10.4. The SMILES string of the molecule is N[C@](Cc1c[nH]c2ccccc12)(C(=O)O)C(=O)OCc1ccccc1. The van der Waals surface area contributed by atoms with Crippen LogP contribution in [0.3, 0.4) is 0 Å². The summed E-state index contributed by atoms with van der Waals surface area (Å²) in [4.78, 5) is 27.1. The van der Waals surface area contributed by atoms with E-state index in [2.05, 4.69) is 4.98 Å². The second-order valence-electron chi connectivity index (χ2n) is 5.87. The highest BCUT2D eigenvalue weighted by molar-refractivity contribution is 6.04. The van der Waals surface area contributed by atoms with Crippen molar-refractivity contribution >= 4 is 22.8 Å². The monoisotopic (exact) mass is 338 g/mol. The number of H-pyrrole nitrogens is 1. The number of aromatic amines is 1. The van der Waals surface area contributed by atoms with E-state index in [9.17, 15) is 14.7 Å². The molecule has 0 unspecified atom stereocenters. The molecule has 0 bridgehead atoms. The minimum Gasteiger partial charge on any atom is -0.479 e. The molecule has 3 rings (SSSR count). The highest BCUT2D eigenvalue weighted by Crippen LogP contribution is 2.23. The first kappa shape index (κ1) is 16.7. The number of nitrogens with one attached hydrogen (secondary N) is 1. The molecule has 0 saturated carbocycles. The normalized spacial score (nSPS) is 13.3. The minimum atomic E-state index is -2.15. The molecule has 6 heteroatoms. The second-order valence-corrected chi connectivity index (χ2v) is 5.87. The topological polar surface area (TPSA) is 105 Å². The molecule has 3 aromatic rings. The van der Waals surface area contributed by atoms with Gasteiger partial charge < -0.3 is 20.6 Å². The standard InChI is InChI=1S/C19H18N2O4/c20-19(17(22)23,18(24)25-12-13-6-2-1-3-7-13)10-14-11-21-16-9-5-4-8-15(14)16/h1-9,11,21H,10,12,20H2,(H,22,23)/t19-/m1/s1. The fourth-order valence-corrected chi connectivity index (χ4v) is 2.67. The lowest BCUT2D eigenvalue weighted by Gasteiger charge is -2.22. The molecular formula is C19H18N2O4. The van der Waals surface area contributed by atoms with Crippen LogP contribution in [-0.4, -0.2) is 27.6 Å². The molecule has 1 atom stereocenters. The number of esters is 1. The van der Waals surface area contributed by atoms with Crippen LogP contribution in [0.4, 0.5) is 0 Å². The van der Waals surface area contributed by atoms with E-state index in [1.807, 2.05) is 42.5 Å². The van der Waals surface area contributed by atoms with Crippen LogP contribution >= 0.6 is 0 Å². The Kier molecular flexibility index (Phi) is 4.54. The third-order valence-corrected chi connectivity index (χ3v) is 4.10. The van der Waals surface area contributed by atoms with Gasteiger partial charge in [0.25, 0.3) is 0 Å². The van der Waals surface area contributed by atoms with Gasteiger partial charge in [0.15, 0.2) is 0 Å². The van der Waals surface area contributed by atoms with Crippen LogP contribution in [0.5, 0.6) is 0 Å². The smallest absolute Gasteiger partial charge is 0.338 e. The summed E-state index contributed by atoms with van der Waals surface area (Å²) in [5.41, 5.74) is 6.05. The van der Waals surface area contributed by atoms with Gasteiger partial charge in [-0.2, -0.15) is 0 Å². The van der Waals surface area contributed by atoms with Gasteiger partial charge in [-0.1, -0.05) is 48.5 Å². The van der Waals surface area contributed by atoms with Gasteiger partial charge in [0.05, 0.1) is 0 Å². The van der Waals surface area contributed by atoms with Crippen molar-refractivity contribution in [3.05, 3.63) is 71.9 Å². The molecule has 1 heterocycles. The number of benzene rings is 2. The molecule has 0 aliphatic heterocycles. The Balaban J connectivity index is 1.80. The molecular weight excluding hydrogens is 320 g/mol. The average molecular weight is 338 g/mol. The number of hydrogen-bond acceptors (Lipinski definition) is 4. The maximum atomic E-state index is 12.4. The van der Waals surface area contributed by atoms with Gasteiger partial charge in [-0.05, 0) is 17.2 Å². The number of rotatable bonds is 6. The van der Waals surface area contributed by atoms with E-state index >= 15 is 0 Å². The highest BCUT2D eigenvalue weighted by Gasteiger charge is 2.44. The number of carbonyl (C=O) groups is 2. The minimum absolute atomic E-state index is 0.0280. The number of nitrogens with two attached hydrogens (primary N) is 1. The molecule has 6 nitrogen and oxygen atoms in total. The van der Waals surface area contributed by atoms with E-state index in [1.165, 1.54) is 0 Å². The van der Waals surface area contributed by atoms with Crippen molar-refractivity contribution in [1.29, 1.82) is 0 Å². The summed E-state index contributed by atoms with van der Waals surface area (Å²) >= 11 is 0. The van der Waals surface area contributed by atoms with Crippen molar-refractivity contribution in [1.82, 2.24) is 4.98 Å². The Morgan fingerprint density at radius 2 is 1.76 bits per heavy atom. The number of fused-ring (bicyclic) bond motifs is 1. The van der Waals surface area contributed by atoms with Gasteiger partial charge in [0.1, 0.15) is 6.61 Å². The van der Waals surface area contributed by atoms with Crippen molar-refractivity contribution in [2.24, 2.45) is 5.73 Å². The molecule has 0 fully saturated rings. The predicted molar refractivity (Wildman–Crippen MR) is 92.8 cm³/mol. The van der Waals surface area contributed by atoms with Crippen molar-refractivity contribution in [3.8, 4) is 0 Å². The fourth-order valence-electron chi connectivity index (χ4n) is 2.67. The summed E-state index contributed by atoms with van der Waals surface area (Å²) in [6.07, 6.45) is 1.50. The lowest BCUT2D eigenvalue weighted by molar-refractivity contribution is -0.161.